The highest BCUT2D eigenvalue weighted by Crippen LogP contribution is 2.23. The largest absolute Gasteiger partial charge is 0.369 e. The fourth-order valence-corrected chi connectivity index (χ4v) is 2.16. The zero-order valence-electron chi connectivity index (χ0n) is 11.3. The lowest BCUT2D eigenvalue weighted by Gasteiger charge is -2.30. The Morgan fingerprint density at radius 2 is 2.21 bits per heavy atom. The third kappa shape index (κ3) is 2.92. The molecule has 1 aromatic heterocycles. The van der Waals surface area contributed by atoms with E-state index in [1.165, 1.54) is 0 Å². The van der Waals surface area contributed by atoms with Crippen LogP contribution in [0.4, 0.5) is 0 Å². The van der Waals surface area contributed by atoms with Gasteiger partial charge in [0.25, 0.3) is 0 Å². The van der Waals surface area contributed by atoms with Gasteiger partial charge in [-0.15, -0.1) is 0 Å². The van der Waals surface area contributed by atoms with Crippen LogP contribution in [-0.4, -0.2) is 28.2 Å². The van der Waals surface area contributed by atoms with Crippen LogP contribution >= 0.6 is 0 Å². The van der Waals surface area contributed by atoms with E-state index in [0.29, 0.717) is 13.1 Å². The van der Waals surface area contributed by atoms with E-state index >= 15 is 0 Å². The van der Waals surface area contributed by atoms with Gasteiger partial charge in [0.05, 0.1) is 5.41 Å². The highest BCUT2D eigenvalue weighted by molar-refractivity contribution is 5.87. The number of hydrogen-bond donors (Lipinski definition) is 1. The van der Waals surface area contributed by atoms with Crippen molar-refractivity contribution in [1.29, 1.82) is 0 Å². The first-order valence-corrected chi connectivity index (χ1v) is 6.40. The number of aromatic nitrogens is 1. The van der Waals surface area contributed by atoms with Crippen LogP contribution in [0.2, 0.25) is 0 Å². The van der Waals surface area contributed by atoms with Crippen molar-refractivity contribution in [3.63, 3.8) is 0 Å². The zero-order chi connectivity index (χ0) is 14.0. The monoisotopic (exact) mass is 261 g/mol. The predicted molar refractivity (Wildman–Crippen MR) is 71.0 cm³/mol. The minimum absolute atomic E-state index is 0.0293. The second-order valence-electron chi connectivity index (χ2n) is 5.60. The van der Waals surface area contributed by atoms with E-state index in [0.717, 1.165) is 17.7 Å². The van der Waals surface area contributed by atoms with E-state index in [2.05, 4.69) is 4.98 Å². The minimum atomic E-state index is -0.799. The molecule has 2 N–H and O–H groups in total. The Kier molecular flexibility index (Phi) is 3.55. The highest BCUT2D eigenvalue weighted by Gasteiger charge is 2.31. The summed E-state index contributed by atoms with van der Waals surface area (Å²) in [6.45, 7) is 4.62. The van der Waals surface area contributed by atoms with E-state index in [9.17, 15) is 9.59 Å². The van der Waals surface area contributed by atoms with Crippen molar-refractivity contribution in [2.75, 3.05) is 6.54 Å². The van der Waals surface area contributed by atoms with Crippen LogP contribution in [0.25, 0.3) is 0 Å². The summed E-state index contributed by atoms with van der Waals surface area (Å²) in [4.78, 5) is 29.6. The number of amides is 2. The Labute approximate surface area is 112 Å². The summed E-state index contributed by atoms with van der Waals surface area (Å²) in [5.41, 5.74) is 6.64. The van der Waals surface area contributed by atoms with Crippen molar-refractivity contribution in [3.05, 3.63) is 29.6 Å². The topological polar surface area (TPSA) is 76.3 Å². The van der Waals surface area contributed by atoms with Crippen molar-refractivity contribution in [2.24, 2.45) is 11.1 Å². The van der Waals surface area contributed by atoms with Crippen LogP contribution in [-0.2, 0) is 22.6 Å². The summed E-state index contributed by atoms with van der Waals surface area (Å²) < 4.78 is 0. The molecule has 0 atom stereocenters. The molecule has 5 heteroatoms. The number of nitrogens with two attached hydrogens (primary N) is 1. The molecule has 0 fully saturated rings. The van der Waals surface area contributed by atoms with Gasteiger partial charge < -0.3 is 10.6 Å². The Morgan fingerprint density at radius 1 is 1.47 bits per heavy atom. The molecular formula is C14H19N3O2. The zero-order valence-corrected chi connectivity index (χ0v) is 11.3. The van der Waals surface area contributed by atoms with Gasteiger partial charge in [-0.05, 0) is 11.6 Å². The van der Waals surface area contributed by atoms with Crippen molar-refractivity contribution in [3.8, 4) is 0 Å². The van der Waals surface area contributed by atoms with Gasteiger partial charge in [-0.1, -0.05) is 19.9 Å². The smallest absolute Gasteiger partial charge is 0.223 e. The average Bonchev–Trinajstić information content (AvgIpc) is 2.37. The summed E-state index contributed by atoms with van der Waals surface area (Å²) in [6.07, 6.45) is 2.68. The lowest BCUT2D eigenvalue weighted by Crippen LogP contribution is -2.41. The molecule has 0 bridgehead atoms. The van der Waals surface area contributed by atoms with Crippen LogP contribution < -0.4 is 5.73 Å². The summed E-state index contributed by atoms with van der Waals surface area (Å²) in [5, 5.41) is 0. The fourth-order valence-electron chi connectivity index (χ4n) is 2.16. The maximum absolute atomic E-state index is 12.2. The molecule has 0 unspecified atom stereocenters. The predicted octanol–water partition coefficient (Wildman–Crippen LogP) is 0.868. The van der Waals surface area contributed by atoms with Crippen LogP contribution in [0.1, 0.15) is 31.5 Å². The van der Waals surface area contributed by atoms with Crippen LogP contribution in [0, 0.1) is 5.41 Å². The molecule has 0 spiro atoms. The van der Waals surface area contributed by atoms with Gasteiger partial charge in [-0.3, -0.25) is 14.6 Å². The molecule has 0 radical (unpaired) electrons. The molecule has 5 nitrogen and oxygen atoms in total. The van der Waals surface area contributed by atoms with Gasteiger partial charge in [-0.2, -0.15) is 0 Å². The van der Waals surface area contributed by atoms with E-state index in [1.807, 2.05) is 12.1 Å². The summed E-state index contributed by atoms with van der Waals surface area (Å²) in [6, 6.07) is 3.86. The van der Waals surface area contributed by atoms with Gasteiger partial charge in [0.2, 0.25) is 11.8 Å². The first-order valence-electron chi connectivity index (χ1n) is 6.40. The molecular weight excluding hydrogens is 242 g/mol. The molecule has 102 valence electrons. The SMILES string of the molecule is CC(C)(CC(=O)N1CCc2ncccc2C1)C(N)=O. The van der Waals surface area contributed by atoms with Gasteiger partial charge in [0.15, 0.2) is 0 Å². The molecule has 2 heterocycles. The van der Waals surface area contributed by atoms with Crippen LogP contribution in [0.15, 0.2) is 18.3 Å². The van der Waals surface area contributed by atoms with E-state index in [1.54, 1.807) is 24.9 Å². The maximum atomic E-state index is 12.2. The molecule has 2 amide bonds. The lowest BCUT2D eigenvalue weighted by molar-refractivity contribution is -0.139. The molecule has 0 saturated carbocycles. The highest BCUT2D eigenvalue weighted by atomic mass is 16.2. The molecule has 1 aromatic rings. The quantitative estimate of drug-likeness (QED) is 0.877. The Balaban J connectivity index is 2.05. The number of hydrogen-bond acceptors (Lipinski definition) is 3. The number of rotatable bonds is 3. The number of nitrogens with zero attached hydrogens (tertiary/aromatic N) is 2. The first-order chi connectivity index (χ1) is 8.90. The van der Waals surface area contributed by atoms with Crippen LogP contribution in [0.5, 0.6) is 0 Å². The number of carbonyl (C=O) groups is 2. The average molecular weight is 261 g/mol. The molecule has 0 saturated heterocycles. The van der Waals surface area contributed by atoms with Gasteiger partial charge >= 0.3 is 0 Å². The molecule has 1 aliphatic heterocycles. The van der Waals surface area contributed by atoms with E-state index < -0.39 is 11.3 Å². The van der Waals surface area contributed by atoms with E-state index in [4.69, 9.17) is 5.73 Å². The van der Waals surface area contributed by atoms with E-state index in [-0.39, 0.29) is 12.3 Å². The van der Waals surface area contributed by atoms with Crippen molar-refractivity contribution < 1.29 is 9.59 Å². The molecule has 0 aliphatic carbocycles. The van der Waals surface area contributed by atoms with Crippen molar-refractivity contribution in [2.45, 2.75) is 33.2 Å². The second kappa shape index (κ2) is 4.99. The Bertz CT molecular complexity index is 511. The summed E-state index contributed by atoms with van der Waals surface area (Å²) >= 11 is 0. The van der Waals surface area contributed by atoms with Crippen molar-refractivity contribution >= 4 is 11.8 Å². The van der Waals surface area contributed by atoms with Crippen LogP contribution in [0.3, 0.4) is 0 Å². The number of fused-ring (bicyclic) bond motifs is 1. The van der Waals surface area contributed by atoms with Gasteiger partial charge in [0, 0.05) is 37.8 Å². The molecule has 19 heavy (non-hydrogen) atoms. The minimum Gasteiger partial charge on any atom is -0.369 e. The number of pyridine rings is 1. The molecule has 0 aromatic carbocycles. The maximum Gasteiger partial charge on any atom is 0.223 e. The van der Waals surface area contributed by atoms with Gasteiger partial charge in [-0.25, -0.2) is 0 Å². The lowest BCUT2D eigenvalue weighted by atomic mass is 9.87. The Hall–Kier alpha value is -1.91. The standard InChI is InChI=1S/C14H19N3O2/c1-14(2,13(15)19)8-12(18)17-7-5-11-10(9-17)4-3-6-16-11/h3-4,6H,5,7-9H2,1-2H3,(H2,15,19). The number of carbonyl (C=O) groups excluding carboxylic acids is 2. The summed E-state index contributed by atoms with van der Waals surface area (Å²) in [7, 11) is 0. The molecule has 1 aliphatic rings. The number of primary amides is 1. The van der Waals surface area contributed by atoms with Crippen molar-refractivity contribution in [1.82, 2.24) is 9.88 Å². The van der Waals surface area contributed by atoms with Gasteiger partial charge in [0.1, 0.15) is 0 Å². The first kappa shape index (κ1) is 13.5. The third-order valence-electron chi connectivity index (χ3n) is 3.58. The molecule has 2 rings (SSSR count). The Morgan fingerprint density at radius 3 is 2.89 bits per heavy atom. The third-order valence-corrected chi connectivity index (χ3v) is 3.58. The summed E-state index contributed by atoms with van der Waals surface area (Å²) in [5.74, 6) is -0.474. The fraction of sp³-hybridized carbons (Fsp3) is 0.500. The second-order valence-corrected chi connectivity index (χ2v) is 5.60. The normalized spacial score (nSPS) is 14.9.